The Bertz CT molecular complexity index is 3050. The van der Waals surface area contributed by atoms with Gasteiger partial charge in [-0.25, -0.2) is 0 Å². The fourth-order valence-corrected chi connectivity index (χ4v) is 11.7. The highest BCUT2D eigenvalue weighted by molar-refractivity contribution is 5.95. The number of rotatable bonds is 10. The van der Waals surface area contributed by atoms with Crippen molar-refractivity contribution in [3.05, 3.63) is 249 Å². The van der Waals surface area contributed by atoms with Crippen molar-refractivity contribution in [1.82, 2.24) is 0 Å². The van der Waals surface area contributed by atoms with Crippen LogP contribution in [0.15, 0.2) is 205 Å². The van der Waals surface area contributed by atoms with E-state index in [1.807, 2.05) is 0 Å². The third-order valence-electron chi connectivity index (χ3n) is 14.7. The van der Waals surface area contributed by atoms with Crippen molar-refractivity contribution in [2.45, 2.75) is 84.0 Å². The summed E-state index contributed by atoms with van der Waals surface area (Å²) in [5.41, 5.74) is 24.4. The van der Waals surface area contributed by atoms with Crippen molar-refractivity contribution >= 4 is 34.0 Å². The molecule has 1 unspecified atom stereocenters. The van der Waals surface area contributed by atoms with Gasteiger partial charge in [-0.1, -0.05) is 160 Å². The Morgan fingerprint density at radius 2 is 1.11 bits per heavy atom. The van der Waals surface area contributed by atoms with Crippen LogP contribution in [-0.2, 0) is 17.3 Å². The molecule has 11 rings (SSSR count). The van der Waals surface area contributed by atoms with E-state index in [9.17, 15) is 0 Å². The minimum absolute atomic E-state index is 0.210. The Balaban J connectivity index is 1.15. The SMILES string of the molecule is CCCc1ccc(N(c2ccccc2)c2ccc(C3(c4ccc(N(C5=CCCC=C5)c5ccccc5)cc4)C4=C(CCC(C)=C4)c4ccc5c(c43)C(C)(C)c3cc(C)ccc3-5)cc2)cc1. The van der Waals surface area contributed by atoms with Gasteiger partial charge in [-0.15, -0.1) is 0 Å². The molecular weight excluding hydrogens is 785 g/mol. The smallest absolute Gasteiger partial charge is 0.0713 e. The third kappa shape index (κ3) is 6.68. The van der Waals surface area contributed by atoms with Gasteiger partial charge in [-0.2, -0.15) is 0 Å². The fourth-order valence-electron chi connectivity index (χ4n) is 11.7. The quantitative estimate of drug-likeness (QED) is 0.135. The first-order valence-electron chi connectivity index (χ1n) is 23.8. The van der Waals surface area contributed by atoms with Crippen LogP contribution in [0.3, 0.4) is 0 Å². The summed E-state index contributed by atoms with van der Waals surface area (Å²) in [5, 5.41) is 0. The molecule has 0 amide bonds. The van der Waals surface area contributed by atoms with E-state index in [0.29, 0.717) is 0 Å². The van der Waals surface area contributed by atoms with Gasteiger partial charge >= 0.3 is 0 Å². The zero-order valence-corrected chi connectivity index (χ0v) is 38.5. The largest absolute Gasteiger partial charge is 0.311 e. The molecule has 320 valence electrons. The zero-order valence-electron chi connectivity index (χ0n) is 38.5. The summed E-state index contributed by atoms with van der Waals surface area (Å²) in [6.45, 7) is 11.8. The lowest BCUT2D eigenvalue weighted by atomic mass is 9.62. The number of anilines is 5. The van der Waals surface area contributed by atoms with Crippen molar-refractivity contribution in [2.75, 3.05) is 9.80 Å². The fraction of sp³-hybridized carbons (Fsp3) is 0.206. The Morgan fingerprint density at radius 1 is 0.538 bits per heavy atom. The summed E-state index contributed by atoms with van der Waals surface area (Å²) in [5.74, 6) is 0. The van der Waals surface area contributed by atoms with Crippen molar-refractivity contribution in [3.63, 3.8) is 0 Å². The minimum Gasteiger partial charge on any atom is -0.311 e. The maximum Gasteiger partial charge on any atom is 0.0713 e. The molecule has 0 saturated heterocycles. The predicted octanol–water partition coefficient (Wildman–Crippen LogP) is 16.9. The lowest BCUT2D eigenvalue weighted by Crippen LogP contribution is -2.33. The predicted molar refractivity (Wildman–Crippen MR) is 275 cm³/mol. The van der Waals surface area contributed by atoms with E-state index in [1.54, 1.807) is 0 Å². The van der Waals surface area contributed by atoms with Crippen LogP contribution in [0.2, 0.25) is 0 Å². The molecule has 2 nitrogen and oxygen atoms in total. The summed E-state index contributed by atoms with van der Waals surface area (Å²) >= 11 is 0. The van der Waals surface area contributed by atoms with Crippen LogP contribution >= 0.6 is 0 Å². The number of para-hydroxylation sites is 2. The molecule has 0 aromatic heterocycles. The maximum atomic E-state index is 2.56. The third-order valence-corrected chi connectivity index (χ3v) is 14.7. The highest BCUT2D eigenvalue weighted by atomic mass is 15.1. The van der Waals surface area contributed by atoms with Gasteiger partial charge in [-0.3, -0.25) is 0 Å². The lowest BCUT2D eigenvalue weighted by Gasteiger charge is -2.39. The van der Waals surface area contributed by atoms with Gasteiger partial charge in [0.25, 0.3) is 0 Å². The molecule has 0 aliphatic heterocycles. The molecule has 0 N–H and O–H groups in total. The second kappa shape index (κ2) is 16.3. The molecule has 7 aromatic carbocycles. The van der Waals surface area contributed by atoms with E-state index in [1.165, 1.54) is 83.7 Å². The number of allylic oxidation sites excluding steroid dienone is 7. The Hall–Kier alpha value is -6.90. The van der Waals surface area contributed by atoms with Crippen LogP contribution in [0, 0.1) is 6.92 Å². The summed E-state index contributed by atoms with van der Waals surface area (Å²) < 4.78 is 0. The van der Waals surface area contributed by atoms with Crippen LogP contribution in [0.25, 0.3) is 16.7 Å². The van der Waals surface area contributed by atoms with Gasteiger partial charge in [0.05, 0.1) is 5.41 Å². The number of aryl methyl sites for hydroxylation is 2. The van der Waals surface area contributed by atoms with Gasteiger partial charge in [0, 0.05) is 39.5 Å². The molecule has 4 aliphatic carbocycles. The summed E-state index contributed by atoms with van der Waals surface area (Å²) in [6, 6.07) is 62.2. The van der Waals surface area contributed by atoms with Crippen LogP contribution < -0.4 is 9.80 Å². The molecule has 0 bridgehead atoms. The topological polar surface area (TPSA) is 6.48 Å². The lowest BCUT2D eigenvalue weighted by molar-refractivity contribution is 0.630. The second-order valence-electron chi connectivity index (χ2n) is 19.2. The monoisotopic (exact) mass is 842 g/mol. The highest BCUT2D eigenvalue weighted by Gasteiger charge is 2.53. The van der Waals surface area contributed by atoms with Gasteiger partial charge in [0.2, 0.25) is 0 Å². The number of benzene rings is 7. The van der Waals surface area contributed by atoms with Gasteiger partial charge < -0.3 is 9.80 Å². The van der Waals surface area contributed by atoms with Crippen LogP contribution in [0.5, 0.6) is 0 Å². The van der Waals surface area contributed by atoms with E-state index in [0.717, 1.165) is 61.3 Å². The van der Waals surface area contributed by atoms with E-state index in [-0.39, 0.29) is 5.41 Å². The van der Waals surface area contributed by atoms with E-state index in [4.69, 9.17) is 0 Å². The number of nitrogens with zero attached hydrogens (tertiary/aromatic N) is 2. The van der Waals surface area contributed by atoms with Crippen molar-refractivity contribution in [3.8, 4) is 11.1 Å². The first-order chi connectivity index (χ1) is 31.8. The second-order valence-corrected chi connectivity index (χ2v) is 19.2. The van der Waals surface area contributed by atoms with E-state index in [2.05, 4.69) is 233 Å². The van der Waals surface area contributed by atoms with Gasteiger partial charge in [0.1, 0.15) is 0 Å². The number of hydrogen-bond acceptors (Lipinski definition) is 2. The van der Waals surface area contributed by atoms with Crippen LogP contribution in [-0.4, -0.2) is 0 Å². The normalized spacial score (nSPS) is 17.7. The summed E-state index contributed by atoms with van der Waals surface area (Å²) in [4.78, 5) is 4.83. The Labute approximate surface area is 386 Å². The molecule has 0 radical (unpaired) electrons. The molecule has 1 atom stereocenters. The molecule has 0 saturated carbocycles. The molecule has 0 fully saturated rings. The minimum atomic E-state index is -0.565. The van der Waals surface area contributed by atoms with Gasteiger partial charge in [0.15, 0.2) is 0 Å². The first kappa shape index (κ1) is 40.8. The standard InChI is InChI=1S/C63H58N2/c1-6-16-45-25-31-51(32-26-45)65(50-21-14-9-15-22-50)53-35-29-47(30-36-53)63(46-27-33-52(34-28-46)64(48-17-10-7-11-18-48)49-19-12-8-13-20-49)59-42-44(3)24-38-55(59)57-40-39-56-54-37-23-43(2)41-58(54)62(4,5)60(56)61(57)63/h7,9-12,14-15,17-23,25-37,39-42H,6,8,13,16,24,38H2,1-5H3. The molecule has 0 spiro atoms. The molecular formula is C63H58N2. The highest BCUT2D eigenvalue weighted by Crippen LogP contribution is 2.64. The molecule has 7 aromatic rings. The van der Waals surface area contributed by atoms with Crippen molar-refractivity contribution in [2.24, 2.45) is 0 Å². The van der Waals surface area contributed by atoms with Crippen LogP contribution in [0.1, 0.15) is 104 Å². The molecule has 65 heavy (non-hydrogen) atoms. The molecule has 4 aliphatic rings. The van der Waals surface area contributed by atoms with Crippen LogP contribution in [0.4, 0.5) is 28.4 Å². The number of fused-ring (bicyclic) bond motifs is 6. The van der Waals surface area contributed by atoms with Crippen molar-refractivity contribution in [1.29, 1.82) is 0 Å². The molecule has 2 heteroatoms. The number of hydrogen-bond donors (Lipinski definition) is 0. The maximum absolute atomic E-state index is 2.56. The first-order valence-corrected chi connectivity index (χ1v) is 23.8. The zero-order chi connectivity index (χ0) is 44.3. The average Bonchev–Trinajstić information content (AvgIpc) is 3.75. The average molecular weight is 843 g/mol. The Kier molecular flexibility index (Phi) is 10.2. The van der Waals surface area contributed by atoms with E-state index >= 15 is 0 Å². The molecule has 0 heterocycles. The summed E-state index contributed by atoms with van der Waals surface area (Å²) in [6.07, 6.45) is 16.0. The van der Waals surface area contributed by atoms with Gasteiger partial charge in [-0.05, 0) is 174 Å². The van der Waals surface area contributed by atoms with Crippen molar-refractivity contribution < 1.29 is 0 Å². The Morgan fingerprint density at radius 3 is 1.72 bits per heavy atom. The summed E-state index contributed by atoms with van der Waals surface area (Å²) in [7, 11) is 0. The van der Waals surface area contributed by atoms with E-state index < -0.39 is 5.41 Å².